The van der Waals surface area contributed by atoms with Gasteiger partial charge >= 0.3 is 5.69 Å². The number of pyridine rings is 1. The van der Waals surface area contributed by atoms with Gasteiger partial charge in [-0.25, -0.2) is 10.2 Å². The van der Waals surface area contributed by atoms with Gasteiger partial charge in [0.2, 0.25) is 5.56 Å². The van der Waals surface area contributed by atoms with Gasteiger partial charge in [-0.2, -0.15) is 5.10 Å². The first-order valence-electron chi connectivity index (χ1n) is 7.72. The van der Waals surface area contributed by atoms with Gasteiger partial charge in [0.25, 0.3) is 11.5 Å². The van der Waals surface area contributed by atoms with E-state index >= 15 is 0 Å². The highest BCUT2D eigenvalue weighted by molar-refractivity contribution is 6.33. The van der Waals surface area contributed by atoms with Crippen LogP contribution in [0.25, 0.3) is 11.0 Å². The van der Waals surface area contributed by atoms with Crippen LogP contribution in [0, 0.1) is 0 Å². The summed E-state index contributed by atoms with van der Waals surface area (Å²) in [4.78, 5) is 51.3. The summed E-state index contributed by atoms with van der Waals surface area (Å²) < 4.78 is 1.94. The number of benzene rings is 1. The van der Waals surface area contributed by atoms with E-state index in [0.29, 0.717) is 10.6 Å². The molecule has 27 heavy (non-hydrogen) atoms. The fourth-order valence-corrected chi connectivity index (χ4v) is 2.75. The first kappa shape index (κ1) is 18.3. The van der Waals surface area contributed by atoms with Gasteiger partial charge in [-0.15, -0.1) is 0 Å². The zero-order valence-electron chi connectivity index (χ0n) is 14.3. The number of rotatable bonds is 3. The number of hydrazone groups is 1. The number of nitrogens with zero attached hydrogens (tertiary/aromatic N) is 3. The molecule has 0 bridgehead atoms. The summed E-state index contributed by atoms with van der Waals surface area (Å²) in [7, 11) is 2.67. The summed E-state index contributed by atoms with van der Waals surface area (Å²) in [5, 5.41) is 4.16. The second-order valence-electron chi connectivity index (χ2n) is 5.70. The van der Waals surface area contributed by atoms with Gasteiger partial charge in [0, 0.05) is 30.7 Å². The molecule has 0 aliphatic rings. The smallest absolute Gasteiger partial charge is 0.308 e. The molecule has 0 saturated heterocycles. The van der Waals surface area contributed by atoms with Crippen molar-refractivity contribution in [1.82, 2.24) is 19.5 Å². The largest absolute Gasteiger partial charge is 0.332 e. The number of halogens is 1. The van der Waals surface area contributed by atoms with Crippen LogP contribution in [0.1, 0.15) is 15.9 Å². The van der Waals surface area contributed by atoms with E-state index < -0.39 is 22.7 Å². The molecule has 0 spiro atoms. The molecule has 9 nitrogen and oxygen atoms in total. The van der Waals surface area contributed by atoms with Crippen LogP contribution < -0.4 is 22.2 Å². The SMILES string of the molecule is Cn1c(=O)c2c(C(=O)N/N=C\c3ccccc3Cl)cc(=O)[nH]c2n(C)c1=O. The Morgan fingerprint density at radius 2 is 1.89 bits per heavy atom. The molecular formula is C17H14ClN5O4. The number of fused-ring (bicyclic) bond motifs is 1. The highest BCUT2D eigenvalue weighted by atomic mass is 35.5. The third kappa shape index (κ3) is 3.32. The molecule has 0 aliphatic carbocycles. The first-order chi connectivity index (χ1) is 12.8. The maximum Gasteiger partial charge on any atom is 0.332 e. The first-order valence-corrected chi connectivity index (χ1v) is 8.10. The molecule has 138 valence electrons. The van der Waals surface area contributed by atoms with E-state index in [4.69, 9.17) is 11.6 Å². The number of aryl methyl sites for hydroxylation is 1. The quantitative estimate of drug-likeness (QED) is 0.497. The highest BCUT2D eigenvalue weighted by Crippen LogP contribution is 2.12. The fraction of sp³-hybridized carbons (Fsp3) is 0.118. The zero-order chi connectivity index (χ0) is 19.7. The van der Waals surface area contributed by atoms with Crippen molar-refractivity contribution in [3.63, 3.8) is 0 Å². The normalized spacial score (nSPS) is 11.2. The van der Waals surface area contributed by atoms with Crippen molar-refractivity contribution in [1.29, 1.82) is 0 Å². The van der Waals surface area contributed by atoms with Gasteiger partial charge in [0.1, 0.15) is 5.65 Å². The summed E-state index contributed by atoms with van der Waals surface area (Å²) >= 11 is 6.00. The van der Waals surface area contributed by atoms with Gasteiger partial charge in [0.15, 0.2) is 0 Å². The van der Waals surface area contributed by atoms with E-state index in [-0.39, 0.29) is 16.6 Å². The Bertz CT molecular complexity index is 1270. The Morgan fingerprint density at radius 1 is 1.19 bits per heavy atom. The Kier molecular flexibility index (Phi) is 4.78. The molecule has 0 radical (unpaired) electrons. The van der Waals surface area contributed by atoms with E-state index in [1.165, 1.54) is 20.3 Å². The van der Waals surface area contributed by atoms with Crippen molar-refractivity contribution >= 4 is 34.8 Å². The van der Waals surface area contributed by atoms with Crippen LogP contribution in [0.2, 0.25) is 5.02 Å². The van der Waals surface area contributed by atoms with Gasteiger partial charge in [-0.3, -0.25) is 23.5 Å². The van der Waals surface area contributed by atoms with Crippen LogP contribution >= 0.6 is 11.6 Å². The maximum absolute atomic E-state index is 12.5. The predicted octanol–water partition coefficient (Wildman–Crippen LogP) is 0.343. The number of hydrogen-bond acceptors (Lipinski definition) is 5. The minimum Gasteiger partial charge on any atom is -0.308 e. The number of aromatic amines is 1. The summed E-state index contributed by atoms with van der Waals surface area (Å²) in [6, 6.07) is 7.85. The van der Waals surface area contributed by atoms with Crippen LogP contribution in [0.3, 0.4) is 0 Å². The van der Waals surface area contributed by atoms with Gasteiger partial charge in [-0.1, -0.05) is 29.8 Å². The number of carbonyl (C=O) groups is 1. The second-order valence-corrected chi connectivity index (χ2v) is 6.10. The van der Waals surface area contributed by atoms with E-state index in [1.807, 2.05) is 0 Å². The molecular weight excluding hydrogens is 374 g/mol. The monoisotopic (exact) mass is 387 g/mol. The molecule has 1 aromatic carbocycles. The lowest BCUT2D eigenvalue weighted by molar-refractivity contribution is 0.0956. The molecule has 0 unspecified atom stereocenters. The van der Waals surface area contributed by atoms with Crippen molar-refractivity contribution < 1.29 is 4.79 Å². The Hall–Kier alpha value is -3.46. The zero-order valence-corrected chi connectivity index (χ0v) is 15.1. The van der Waals surface area contributed by atoms with E-state index in [0.717, 1.165) is 15.2 Å². The van der Waals surface area contributed by atoms with Crippen LogP contribution in [0.15, 0.2) is 49.8 Å². The van der Waals surface area contributed by atoms with Crippen LogP contribution in [0.5, 0.6) is 0 Å². The molecule has 3 aromatic rings. The van der Waals surface area contributed by atoms with Crippen molar-refractivity contribution in [2.24, 2.45) is 19.2 Å². The van der Waals surface area contributed by atoms with Crippen molar-refractivity contribution in [3.05, 3.63) is 77.7 Å². The molecule has 0 atom stereocenters. The summed E-state index contributed by atoms with van der Waals surface area (Å²) in [6.45, 7) is 0. The number of H-pyrrole nitrogens is 1. The lowest BCUT2D eigenvalue weighted by Gasteiger charge is -2.09. The Labute approximate surface area is 156 Å². The number of aromatic nitrogens is 3. The van der Waals surface area contributed by atoms with Gasteiger partial charge in [0.05, 0.1) is 17.2 Å². The second kappa shape index (κ2) is 7.04. The third-order valence-electron chi connectivity index (χ3n) is 3.97. The molecule has 2 N–H and O–H groups in total. The van der Waals surface area contributed by atoms with E-state index in [9.17, 15) is 19.2 Å². The predicted molar refractivity (Wildman–Crippen MR) is 102 cm³/mol. The fourth-order valence-electron chi connectivity index (χ4n) is 2.57. The summed E-state index contributed by atoms with van der Waals surface area (Å²) in [5.41, 5.74) is 0.632. The highest BCUT2D eigenvalue weighted by Gasteiger charge is 2.18. The topological polar surface area (TPSA) is 118 Å². The molecule has 0 saturated carbocycles. The molecule has 1 amide bonds. The molecule has 0 aliphatic heterocycles. The summed E-state index contributed by atoms with van der Waals surface area (Å²) in [6.07, 6.45) is 1.34. The van der Waals surface area contributed by atoms with Crippen LogP contribution in [-0.4, -0.2) is 26.2 Å². The third-order valence-corrected chi connectivity index (χ3v) is 4.31. The summed E-state index contributed by atoms with van der Waals surface area (Å²) in [5.74, 6) is -0.773. The molecule has 2 heterocycles. The Balaban J connectivity index is 2.08. The van der Waals surface area contributed by atoms with Gasteiger partial charge < -0.3 is 4.98 Å². The van der Waals surface area contributed by atoms with Crippen LogP contribution in [0.4, 0.5) is 0 Å². The lowest BCUT2D eigenvalue weighted by Crippen LogP contribution is -2.39. The number of carbonyl (C=O) groups excluding carboxylic acids is 1. The Morgan fingerprint density at radius 3 is 2.59 bits per heavy atom. The molecule has 0 fully saturated rings. The van der Waals surface area contributed by atoms with Crippen molar-refractivity contribution in [2.75, 3.05) is 0 Å². The number of amides is 1. The standard InChI is InChI=1S/C17H14ClN5O4/c1-22-14-13(16(26)23(2)17(22)27)10(7-12(24)20-14)15(25)21-19-8-9-5-3-4-6-11(9)18/h3-8H,1-2H3,(H,20,24)(H,21,25)/b19-8-. The van der Waals surface area contributed by atoms with Crippen LogP contribution in [-0.2, 0) is 14.1 Å². The van der Waals surface area contributed by atoms with E-state index in [2.05, 4.69) is 15.5 Å². The average molecular weight is 388 g/mol. The van der Waals surface area contributed by atoms with E-state index in [1.54, 1.807) is 24.3 Å². The van der Waals surface area contributed by atoms with Crippen molar-refractivity contribution in [3.8, 4) is 0 Å². The minimum absolute atomic E-state index is 0.0455. The van der Waals surface area contributed by atoms with Gasteiger partial charge in [-0.05, 0) is 6.07 Å². The number of nitrogens with one attached hydrogen (secondary N) is 2. The molecule has 3 rings (SSSR count). The average Bonchev–Trinajstić information content (AvgIpc) is 2.65. The molecule has 2 aromatic heterocycles. The minimum atomic E-state index is -0.773. The molecule has 10 heteroatoms. The number of hydrogen-bond donors (Lipinski definition) is 2. The lowest BCUT2D eigenvalue weighted by atomic mass is 10.1. The maximum atomic E-state index is 12.5. The van der Waals surface area contributed by atoms with Crippen molar-refractivity contribution in [2.45, 2.75) is 0 Å².